The van der Waals surface area contributed by atoms with E-state index in [9.17, 15) is 4.79 Å². The summed E-state index contributed by atoms with van der Waals surface area (Å²) in [5, 5.41) is 3.80. The molecule has 6 heteroatoms. The largest absolute Gasteiger partial charge is 0.456 e. The molecule has 2 aromatic heterocycles. The van der Waals surface area contributed by atoms with Crippen LogP contribution in [0.15, 0.2) is 15.0 Å². The number of aryl methyl sites for hydroxylation is 3. The summed E-state index contributed by atoms with van der Waals surface area (Å²) in [7, 11) is 0. The highest BCUT2D eigenvalue weighted by Gasteiger charge is 2.33. The molecule has 0 spiro atoms. The first-order valence-corrected chi connectivity index (χ1v) is 6.71. The quantitative estimate of drug-likeness (QED) is 0.840. The number of carbonyl (C=O) groups excluding carboxylic acids is 1. The third-order valence-electron chi connectivity index (χ3n) is 3.60. The van der Waals surface area contributed by atoms with Gasteiger partial charge in [0, 0.05) is 18.7 Å². The zero-order chi connectivity index (χ0) is 14.3. The summed E-state index contributed by atoms with van der Waals surface area (Å²) in [5.41, 5.74) is 0.879. The lowest BCUT2D eigenvalue weighted by molar-refractivity contribution is 0.0755. The van der Waals surface area contributed by atoms with Crippen LogP contribution < -0.4 is 0 Å². The van der Waals surface area contributed by atoms with Crippen molar-refractivity contribution in [3.63, 3.8) is 0 Å². The molecule has 0 N–H and O–H groups in total. The van der Waals surface area contributed by atoms with Gasteiger partial charge in [-0.25, -0.2) is 0 Å². The third-order valence-corrected chi connectivity index (χ3v) is 3.60. The van der Waals surface area contributed by atoms with Crippen molar-refractivity contribution < 1.29 is 13.7 Å². The molecule has 1 fully saturated rings. The normalized spacial score (nSPS) is 18.8. The fourth-order valence-corrected chi connectivity index (χ4v) is 2.62. The smallest absolute Gasteiger partial charge is 0.289 e. The number of hydrogen-bond acceptors (Lipinski definition) is 5. The van der Waals surface area contributed by atoms with Gasteiger partial charge in [-0.3, -0.25) is 4.79 Å². The summed E-state index contributed by atoms with van der Waals surface area (Å²) in [6, 6.07) is 1.88. The van der Waals surface area contributed by atoms with Crippen LogP contribution in [0.25, 0.3) is 0 Å². The number of carbonyl (C=O) groups is 1. The van der Waals surface area contributed by atoms with Gasteiger partial charge in [0.15, 0.2) is 11.6 Å². The van der Waals surface area contributed by atoms with Gasteiger partial charge in [0.2, 0.25) is 5.89 Å². The lowest BCUT2D eigenvalue weighted by atomic mass is 10.1. The molecule has 1 aliphatic heterocycles. The second kappa shape index (κ2) is 4.77. The minimum Gasteiger partial charge on any atom is -0.456 e. The molecule has 0 unspecified atom stereocenters. The van der Waals surface area contributed by atoms with Crippen molar-refractivity contribution >= 4 is 5.91 Å². The topological polar surface area (TPSA) is 72.4 Å². The molecule has 0 aromatic carbocycles. The highest BCUT2D eigenvalue weighted by atomic mass is 16.5. The molecule has 20 heavy (non-hydrogen) atoms. The fraction of sp³-hybridized carbons (Fsp3) is 0.500. The van der Waals surface area contributed by atoms with Crippen LogP contribution in [0.2, 0.25) is 0 Å². The molecule has 106 valence electrons. The van der Waals surface area contributed by atoms with Gasteiger partial charge in [0.1, 0.15) is 5.76 Å². The van der Waals surface area contributed by atoms with Crippen LogP contribution in [0.4, 0.5) is 0 Å². The predicted molar refractivity (Wildman–Crippen MR) is 70.5 cm³/mol. The Morgan fingerprint density at radius 1 is 1.40 bits per heavy atom. The van der Waals surface area contributed by atoms with Gasteiger partial charge >= 0.3 is 0 Å². The second-order valence-electron chi connectivity index (χ2n) is 5.29. The Bertz CT molecular complexity index is 644. The van der Waals surface area contributed by atoms with E-state index in [1.54, 1.807) is 11.8 Å². The van der Waals surface area contributed by atoms with Crippen LogP contribution in [0.1, 0.15) is 45.9 Å². The molecule has 0 radical (unpaired) electrons. The highest BCUT2D eigenvalue weighted by Crippen LogP contribution is 2.28. The lowest BCUT2D eigenvalue weighted by Crippen LogP contribution is -2.28. The molecule has 3 heterocycles. The zero-order valence-electron chi connectivity index (χ0n) is 11.8. The summed E-state index contributed by atoms with van der Waals surface area (Å²) in [6.07, 6.45) is 0.839. The predicted octanol–water partition coefficient (Wildman–Crippen LogP) is 2.22. The first-order chi connectivity index (χ1) is 9.54. The van der Waals surface area contributed by atoms with Gasteiger partial charge in [0.25, 0.3) is 5.91 Å². The van der Waals surface area contributed by atoms with E-state index in [0.29, 0.717) is 30.6 Å². The number of nitrogens with zero attached hydrogens (tertiary/aromatic N) is 3. The standard InChI is InChI=1S/C14H17N3O3/c1-8-6-9(2)19-12(8)14(18)17-5-4-11(7-17)13-15-10(3)16-20-13/h6,11H,4-5,7H2,1-3H3/t11-/m0/s1. The average molecular weight is 275 g/mol. The van der Waals surface area contributed by atoms with Crippen LogP contribution in [0, 0.1) is 20.8 Å². The van der Waals surface area contributed by atoms with E-state index in [1.165, 1.54) is 0 Å². The van der Waals surface area contributed by atoms with Crippen molar-refractivity contribution in [3.8, 4) is 0 Å². The molecule has 0 aliphatic carbocycles. The van der Waals surface area contributed by atoms with Crippen LogP contribution in [-0.4, -0.2) is 34.0 Å². The van der Waals surface area contributed by atoms with Crippen molar-refractivity contribution in [2.24, 2.45) is 0 Å². The average Bonchev–Trinajstić information content (AvgIpc) is 3.08. The number of rotatable bonds is 2. The monoisotopic (exact) mass is 275 g/mol. The van der Waals surface area contributed by atoms with Crippen molar-refractivity contribution in [1.29, 1.82) is 0 Å². The maximum absolute atomic E-state index is 12.4. The fourth-order valence-electron chi connectivity index (χ4n) is 2.62. The first-order valence-electron chi connectivity index (χ1n) is 6.71. The number of furan rings is 1. The molecule has 0 saturated carbocycles. The maximum Gasteiger partial charge on any atom is 0.289 e. The Morgan fingerprint density at radius 3 is 2.80 bits per heavy atom. The minimum absolute atomic E-state index is 0.0608. The Morgan fingerprint density at radius 2 is 2.20 bits per heavy atom. The minimum atomic E-state index is -0.0608. The Kier molecular flexibility index (Phi) is 3.08. The Balaban J connectivity index is 1.74. The van der Waals surface area contributed by atoms with Crippen LogP contribution in [-0.2, 0) is 0 Å². The van der Waals surface area contributed by atoms with E-state index in [-0.39, 0.29) is 11.8 Å². The van der Waals surface area contributed by atoms with Gasteiger partial charge in [-0.15, -0.1) is 0 Å². The van der Waals surface area contributed by atoms with E-state index in [4.69, 9.17) is 8.94 Å². The molecular weight excluding hydrogens is 258 g/mol. The first kappa shape index (κ1) is 12.9. The molecule has 2 aromatic rings. The molecule has 1 saturated heterocycles. The number of amides is 1. The van der Waals surface area contributed by atoms with E-state index in [2.05, 4.69) is 10.1 Å². The summed E-state index contributed by atoms with van der Waals surface area (Å²) in [6.45, 7) is 6.81. The van der Waals surface area contributed by atoms with Crippen molar-refractivity contribution in [3.05, 3.63) is 34.9 Å². The van der Waals surface area contributed by atoms with Crippen LogP contribution in [0.3, 0.4) is 0 Å². The van der Waals surface area contributed by atoms with Gasteiger partial charge in [0.05, 0.1) is 5.92 Å². The molecule has 6 nitrogen and oxygen atoms in total. The number of likely N-dealkylation sites (tertiary alicyclic amines) is 1. The van der Waals surface area contributed by atoms with Gasteiger partial charge in [-0.2, -0.15) is 4.98 Å². The molecule has 1 aliphatic rings. The van der Waals surface area contributed by atoms with E-state index in [1.807, 2.05) is 19.9 Å². The van der Waals surface area contributed by atoms with E-state index >= 15 is 0 Å². The molecular formula is C14H17N3O3. The molecule has 1 amide bonds. The summed E-state index contributed by atoms with van der Waals surface area (Å²) in [4.78, 5) is 18.5. The summed E-state index contributed by atoms with van der Waals surface area (Å²) >= 11 is 0. The molecule has 1 atom stereocenters. The second-order valence-corrected chi connectivity index (χ2v) is 5.29. The van der Waals surface area contributed by atoms with Crippen molar-refractivity contribution in [2.45, 2.75) is 33.1 Å². The van der Waals surface area contributed by atoms with Gasteiger partial charge in [-0.05, 0) is 33.3 Å². The molecule has 0 bridgehead atoms. The van der Waals surface area contributed by atoms with E-state index in [0.717, 1.165) is 17.7 Å². The maximum atomic E-state index is 12.4. The van der Waals surface area contributed by atoms with Crippen LogP contribution >= 0.6 is 0 Å². The van der Waals surface area contributed by atoms with Crippen molar-refractivity contribution in [1.82, 2.24) is 15.0 Å². The lowest BCUT2D eigenvalue weighted by Gasteiger charge is -2.14. The highest BCUT2D eigenvalue weighted by molar-refractivity contribution is 5.93. The summed E-state index contributed by atoms with van der Waals surface area (Å²) in [5.74, 6) is 2.50. The van der Waals surface area contributed by atoms with Gasteiger partial charge < -0.3 is 13.8 Å². The van der Waals surface area contributed by atoms with Crippen molar-refractivity contribution in [2.75, 3.05) is 13.1 Å². The number of hydrogen-bond donors (Lipinski definition) is 0. The SMILES string of the molecule is Cc1noc([C@H]2CCN(C(=O)c3oc(C)cc3C)C2)n1. The molecule has 3 rings (SSSR count). The number of aromatic nitrogens is 2. The van der Waals surface area contributed by atoms with Gasteiger partial charge in [-0.1, -0.05) is 5.16 Å². The Labute approximate surface area is 116 Å². The third kappa shape index (κ3) is 2.21. The zero-order valence-corrected chi connectivity index (χ0v) is 11.8. The summed E-state index contributed by atoms with van der Waals surface area (Å²) < 4.78 is 10.7. The van der Waals surface area contributed by atoms with Crippen LogP contribution in [0.5, 0.6) is 0 Å². The van der Waals surface area contributed by atoms with E-state index < -0.39 is 0 Å². The Hall–Kier alpha value is -2.11.